The lowest BCUT2D eigenvalue weighted by Gasteiger charge is -2.05. The molecule has 1 aromatic rings. The summed E-state index contributed by atoms with van der Waals surface area (Å²) in [6.45, 7) is 3.10. The molecular formula is C12H17NS. The van der Waals surface area contributed by atoms with Crippen molar-refractivity contribution in [1.82, 2.24) is 0 Å². The number of hydrogen-bond acceptors (Lipinski definition) is 2. The summed E-state index contributed by atoms with van der Waals surface area (Å²) >= 11 is 1.99. The van der Waals surface area contributed by atoms with Crippen molar-refractivity contribution in [1.29, 1.82) is 0 Å². The van der Waals surface area contributed by atoms with Gasteiger partial charge in [0.25, 0.3) is 0 Å². The lowest BCUT2D eigenvalue weighted by molar-refractivity contribution is 0.825. The minimum atomic E-state index is 0.735. The van der Waals surface area contributed by atoms with Crippen LogP contribution in [-0.2, 0) is 6.42 Å². The summed E-state index contributed by atoms with van der Waals surface area (Å²) in [6.07, 6.45) is 2.22. The Balaban J connectivity index is 2.15. The quantitative estimate of drug-likeness (QED) is 0.825. The van der Waals surface area contributed by atoms with Crippen LogP contribution in [-0.4, -0.2) is 12.3 Å². The van der Waals surface area contributed by atoms with Crippen molar-refractivity contribution < 1.29 is 0 Å². The van der Waals surface area contributed by atoms with Gasteiger partial charge in [0.15, 0.2) is 0 Å². The van der Waals surface area contributed by atoms with Gasteiger partial charge in [-0.2, -0.15) is 0 Å². The molecule has 1 aromatic carbocycles. The van der Waals surface area contributed by atoms with Gasteiger partial charge in [0.2, 0.25) is 0 Å². The Morgan fingerprint density at radius 2 is 2.36 bits per heavy atom. The van der Waals surface area contributed by atoms with Crippen LogP contribution in [0.15, 0.2) is 23.1 Å². The van der Waals surface area contributed by atoms with Crippen LogP contribution in [0.1, 0.15) is 30.4 Å². The molecule has 1 nitrogen and oxygen atoms in total. The average molecular weight is 207 g/mol. The molecule has 0 aromatic heterocycles. The van der Waals surface area contributed by atoms with Crippen molar-refractivity contribution in [3.8, 4) is 0 Å². The highest BCUT2D eigenvalue weighted by molar-refractivity contribution is 7.99. The van der Waals surface area contributed by atoms with Crippen LogP contribution in [0.3, 0.4) is 0 Å². The van der Waals surface area contributed by atoms with E-state index < -0.39 is 0 Å². The Labute approximate surface area is 90.1 Å². The average Bonchev–Trinajstić information content (AvgIpc) is 2.57. The van der Waals surface area contributed by atoms with Crippen LogP contribution in [0.2, 0.25) is 0 Å². The molecule has 0 radical (unpaired) electrons. The van der Waals surface area contributed by atoms with E-state index in [1.807, 2.05) is 11.8 Å². The molecule has 0 bridgehead atoms. The van der Waals surface area contributed by atoms with Gasteiger partial charge in [-0.15, -0.1) is 11.8 Å². The number of benzene rings is 1. The van der Waals surface area contributed by atoms with E-state index in [1.54, 1.807) is 0 Å². The highest BCUT2D eigenvalue weighted by atomic mass is 32.2. The van der Waals surface area contributed by atoms with Gasteiger partial charge in [-0.25, -0.2) is 0 Å². The second-order valence-corrected chi connectivity index (χ2v) is 5.04. The monoisotopic (exact) mass is 207 g/mol. The molecule has 1 heterocycles. The first-order chi connectivity index (χ1) is 6.81. The summed E-state index contributed by atoms with van der Waals surface area (Å²) < 4.78 is 0. The zero-order chi connectivity index (χ0) is 9.97. The molecular weight excluding hydrogens is 190 g/mol. The number of fused-ring (bicyclic) bond motifs is 1. The summed E-state index contributed by atoms with van der Waals surface area (Å²) in [5, 5.41) is 0. The summed E-state index contributed by atoms with van der Waals surface area (Å²) in [5.41, 5.74) is 8.48. The fourth-order valence-electron chi connectivity index (χ4n) is 1.88. The van der Waals surface area contributed by atoms with Crippen molar-refractivity contribution in [2.45, 2.75) is 30.6 Å². The van der Waals surface area contributed by atoms with Gasteiger partial charge in [0, 0.05) is 10.6 Å². The first-order valence-electron chi connectivity index (χ1n) is 5.27. The summed E-state index contributed by atoms with van der Waals surface area (Å²) in [5.74, 6) is 1.98. The second kappa shape index (κ2) is 4.37. The summed E-state index contributed by atoms with van der Waals surface area (Å²) in [6, 6.07) is 6.90. The predicted octanol–water partition coefficient (Wildman–Crippen LogP) is 2.79. The molecule has 0 saturated carbocycles. The molecule has 1 unspecified atom stereocenters. The van der Waals surface area contributed by atoms with Crippen molar-refractivity contribution in [2.24, 2.45) is 5.73 Å². The van der Waals surface area contributed by atoms with Crippen LogP contribution in [0.4, 0.5) is 0 Å². The van der Waals surface area contributed by atoms with E-state index in [4.69, 9.17) is 5.73 Å². The minimum Gasteiger partial charge on any atom is -0.330 e. The molecule has 14 heavy (non-hydrogen) atoms. The lowest BCUT2D eigenvalue weighted by atomic mass is 10.0. The Bertz CT molecular complexity index is 322. The smallest absolute Gasteiger partial charge is 0.0110 e. The molecule has 0 spiro atoms. The van der Waals surface area contributed by atoms with Crippen LogP contribution < -0.4 is 5.73 Å². The van der Waals surface area contributed by atoms with Crippen LogP contribution in [0.25, 0.3) is 0 Å². The molecule has 0 aliphatic carbocycles. The molecule has 0 fully saturated rings. The molecule has 1 atom stereocenters. The van der Waals surface area contributed by atoms with Crippen molar-refractivity contribution in [2.75, 3.05) is 12.3 Å². The molecule has 2 heteroatoms. The van der Waals surface area contributed by atoms with Gasteiger partial charge < -0.3 is 5.73 Å². The topological polar surface area (TPSA) is 26.0 Å². The van der Waals surface area contributed by atoms with Crippen molar-refractivity contribution >= 4 is 11.8 Å². The first-order valence-corrected chi connectivity index (χ1v) is 6.25. The van der Waals surface area contributed by atoms with Gasteiger partial charge >= 0.3 is 0 Å². The largest absolute Gasteiger partial charge is 0.330 e. The lowest BCUT2D eigenvalue weighted by Crippen LogP contribution is -2.00. The minimum absolute atomic E-state index is 0.735. The van der Waals surface area contributed by atoms with E-state index in [1.165, 1.54) is 21.8 Å². The predicted molar refractivity (Wildman–Crippen MR) is 63.0 cm³/mol. The van der Waals surface area contributed by atoms with E-state index in [0.29, 0.717) is 0 Å². The maximum atomic E-state index is 5.51. The van der Waals surface area contributed by atoms with Gasteiger partial charge in [-0.3, -0.25) is 0 Å². The molecule has 2 N–H and O–H groups in total. The van der Waals surface area contributed by atoms with Gasteiger partial charge in [-0.05, 0) is 42.5 Å². The third-order valence-electron chi connectivity index (χ3n) is 2.77. The van der Waals surface area contributed by atoms with Crippen LogP contribution in [0, 0.1) is 0 Å². The number of aryl methyl sites for hydroxylation is 1. The Morgan fingerprint density at radius 3 is 3.14 bits per heavy atom. The zero-order valence-electron chi connectivity index (χ0n) is 8.62. The molecule has 1 aliphatic rings. The standard InChI is InChI=1S/C12H17NS/c1-9-8-14-12-7-10(3-2-6-13)4-5-11(9)12/h4-5,7,9H,2-3,6,8,13H2,1H3. The molecule has 76 valence electrons. The number of nitrogens with two attached hydrogens (primary N) is 1. The van der Waals surface area contributed by atoms with Crippen molar-refractivity contribution in [3.05, 3.63) is 29.3 Å². The first kappa shape index (κ1) is 10.1. The number of hydrogen-bond donors (Lipinski definition) is 1. The van der Waals surface area contributed by atoms with E-state index in [9.17, 15) is 0 Å². The highest BCUT2D eigenvalue weighted by Gasteiger charge is 2.18. The zero-order valence-corrected chi connectivity index (χ0v) is 9.44. The summed E-state index contributed by atoms with van der Waals surface area (Å²) in [4.78, 5) is 1.49. The molecule has 0 saturated heterocycles. The maximum Gasteiger partial charge on any atom is 0.0110 e. The Hall–Kier alpha value is -0.470. The van der Waals surface area contributed by atoms with E-state index >= 15 is 0 Å². The Morgan fingerprint density at radius 1 is 1.50 bits per heavy atom. The van der Waals surface area contributed by atoms with E-state index in [0.717, 1.165) is 25.3 Å². The molecule has 1 aliphatic heterocycles. The normalized spacial score (nSPS) is 19.7. The Kier molecular flexibility index (Phi) is 3.14. The van der Waals surface area contributed by atoms with Gasteiger partial charge in [-0.1, -0.05) is 19.1 Å². The van der Waals surface area contributed by atoms with E-state index in [2.05, 4.69) is 25.1 Å². The van der Waals surface area contributed by atoms with Crippen molar-refractivity contribution in [3.63, 3.8) is 0 Å². The van der Waals surface area contributed by atoms with Crippen LogP contribution >= 0.6 is 11.8 Å². The highest BCUT2D eigenvalue weighted by Crippen LogP contribution is 2.39. The SMILES string of the molecule is CC1CSc2cc(CCCN)ccc21. The van der Waals surface area contributed by atoms with Gasteiger partial charge in [0.1, 0.15) is 0 Å². The van der Waals surface area contributed by atoms with Crippen LogP contribution in [0.5, 0.6) is 0 Å². The number of thioether (sulfide) groups is 1. The summed E-state index contributed by atoms with van der Waals surface area (Å²) in [7, 11) is 0. The molecule has 2 rings (SSSR count). The number of rotatable bonds is 3. The second-order valence-electron chi connectivity index (χ2n) is 3.98. The fourth-order valence-corrected chi connectivity index (χ4v) is 3.16. The van der Waals surface area contributed by atoms with Gasteiger partial charge in [0.05, 0.1) is 0 Å². The maximum absolute atomic E-state index is 5.51. The third-order valence-corrected chi connectivity index (χ3v) is 4.10. The molecule has 0 amide bonds. The van der Waals surface area contributed by atoms with E-state index in [-0.39, 0.29) is 0 Å². The third kappa shape index (κ3) is 1.96. The fraction of sp³-hybridized carbons (Fsp3) is 0.500.